The molecule has 2 aromatic carbocycles. The number of halogens is 1. The molecular weight excluding hydrogens is 419 g/mol. The van der Waals surface area contributed by atoms with Gasteiger partial charge in [-0.15, -0.1) is 0 Å². The van der Waals surface area contributed by atoms with E-state index in [9.17, 15) is 17.6 Å². The van der Waals surface area contributed by atoms with Crippen molar-refractivity contribution in [1.82, 2.24) is 9.55 Å². The van der Waals surface area contributed by atoms with Crippen molar-refractivity contribution in [3.8, 4) is 0 Å². The summed E-state index contributed by atoms with van der Waals surface area (Å²) in [6.45, 7) is 0. The molecule has 31 heavy (non-hydrogen) atoms. The quantitative estimate of drug-likeness (QED) is 0.641. The topological polar surface area (TPSA) is 121 Å². The summed E-state index contributed by atoms with van der Waals surface area (Å²) in [5.74, 6) is -0.930. The molecule has 0 amide bonds. The molecule has 1 fully saturated rings. The van der Waals surface area contributed by atoms with Gasteiger partial charge in [0.2, 0.25) is 10.0 Å². The molecule has 7 nitrogen and oxygen atoms in total. The summed E-state index contributed by atoms with van der Waals surface area (Å²) in [5.41, 5.74) is 6.99. The second-order valence-electron chi connectivity index (χ2n) is 7.45. The van der Waals surface area contributed by atoms with E-state index < -0.39 is 21.5 Å². The van der Waals surface area contributed by atoms with Crippen LogP contribution in [0.4, 0.5) is 10.2 Å². The Balaban J connectivity index is 0.000000179. The average Bonchev–Trinajstić information content (AvgIpc) is 3.26. The molecule has 1 aliphatic rings. The maximum absolute atomic E-state index is 13.1. The van der Waals surface area contributed by atoms with E-state index in [0.29, 0.717) is 0 Å². The molecule has 0 bridgehead atoms. The predicted molar refractivity (Wildman–Crippen MR) is 117 cm³/mol. The largest absolute Gasteiger partial charge is 0.381 e. The van der Waals surface area contributed by atoms with Crippen molar-refractivity contribution in [2.45, 2.75) is 43.0 Å². The Morgan fingerprint density at radius 2 is 1.58 bits per heavy atom. The molecular formula is C22H25FN4O3S. The predicted octanol–water partition coefficient (Wildman–Crippen LogP) is 3.00. The summed E-state index contributed by atoms with van der Waals surface area (Å²) in [7, 11) is -3.59. The van der Waals surface area contributed by atoms with Crippen LogP contribution in [0, 0.1) is 5.82 Å². The summed E-state index contributed by atoms with van der Waals surface area (Å²) < 4.78 is 36.6. The molecule has 0 atom stereocenters. The highest BCUT2D eigenvalue weighted by Crippen LogP contribution is 2.28. The molecule has 0 unspecified atom stereocenters. The smallest absolute Gasteiger partial charge is 0.349 e. The number of benzene rings is 2. The van der Waals surface area contributed by atoms with Crippen molar-refractivity contribution in [3.63, 3.8) is 0 Å². The Morgan fingerprint density at radius 1 is 1.00 bits per heavy atom. The summed E-state index contributed by atoms with van der Waals surface area (Å²) in [6, 6.07) is 16.7. The molecule has 0 spiro atoms. The summed E-state index contributed by atoms with van der Waals surface area (Å²) in [6.07, 6.45) is 5.97. The van der Waals surface area contributed by atoms with Crippen LogP contribution in [0.15, 0.2) is 70.5 Å². The minimum atomic E-state index is -3.59. The number of anilines is 1. The zero-order chi connectivity index (χ0) is 22.4. The number of hydrogen-bond acceptors (Lipinski definition) is 5. The van der Waals surface area contributed by atoms with E-state index in [4.69, 9.17) is 10.9 Å². The molecule has 0 aliphatic heterocycles. The standard InChI is InChI=1S/C13H13NO2S.C9H12FN3O/c14-17(15,16)13-8-6-12(7-9-13)10-11-4-2-1-3-5-11;10-7-5-13(6-3-1-2-4-6)9(14)12-8(7)11/h1-9H,10H2,(H2,14,15,16);5-6H,1-4H2,(H2,11,12,14). The van der Waals surface area contributed by atoms with Crippen LogP contribution in [0.1, 0.15) is 42.9 Å². The maximum Gasteiger partial charge on any atom is 0.349 e. The van der Waals surface area contributed by atoms with E-state index in [1.807, 2.05) is 30.3 Å². The number of nitrogens with two attached hydrogens (primary N) is 2. The van der Waals surface area contributed by atoms with E-state index >= 15 is 0 Å². The molecule has 1 saturated carbocycles. The molecule has 1 aliphatic carbocycles. The number of aromatic nitrogens is 2. The second-order valence-corrected chi connectivity index (χ2v) is 9.01. The van der Waals surface area contributed by atoms with Crippen LogP contribution in [0.3, 0.4) is 0 Å². The third-order valence-corrected chi connectivity index (χ3v) is 6.08. The van der Waals surface area contributed by atoms with Crippen LogP contribution in [-0.4, -0.2) is 18.0 Å². The third kappa shape index (κ3) is 6.22. The lowest BCUT2D eigenvalue weighted by molar-refractivity contribution is 0.472. The van der Waals surface area contributed by atoms with Crippen molar-refractivity contribution in [3.05, 3.63) is 88.2 Å². The fraction of sp³-hybridized carbons (Fsp3) is 0.273. The molecule has 9 heteroatoms. The Morgan fingerprint density at radius 3 is 2.16 bits per heavy atom. The lowest BCUT2D eigenvalue weighted by atomic mass is 10.1. The first kappa shape index (κ1) is 22.6. The van der Waals surface area contributed by atoms with E-state index in [0.717, 1.165) is 37.7 Å². The van der Waals surface area contributed by atoms with Gasteiger partial charge < -0.3 is 5.73 Å². The Labute approximate surface area is 180 Å². The zero-order valence-electron chi connectivity index (χ0n) is 16.9. The second kappa shape index (κ2) is 9.84. The number of primary sulfonamides is 1. The molecule has 4 rings (SSSR count). The Hall–Kier alpha value is -3.04. The fourth-order valence-corrected chi connectivity index (χ4v) is 4.05. The minimum absolute atomic E-state index is 0.102. The van der Waals surface area contributed by atoms with Gasteiger partial charge in [-0.25, -0.2) is 22.7 Å². The van der Waals surface area contributed by atoms with Crippen LogP contribution < -0.4 is 16.6 Å². The maximum atomic E-state index is 13.1. The van der Waals surface area contributed by atoms with Gasteiger partial charge in [0.05, 0.1) is 4.90 Å². The summed E-state index contributed by atoms with van der Waals surface area (Å²) in [5, 5.41) is 5.03. The highest BCUT2D eigenvalue weighted by molar-refractivity contribution is 7.89. The monoisotopic (exact) mass is 444 g/mol. The number of rotatable bonds is 4. The SMILES string of the molecule is NS(=O)(=O)c1ccc(Cc2ccccc2)cc1.Nc1nc(=O)n(C2CCCC2)cc1F. The van der Waals surface area contributed by atoms with Gasteiger partial charge in [-0.3, -0.25) is 4.57 Å². The van der Waals surface area contributed by atoms with E-state index in [2.05, 4.69) is 4.98 Å². The highest BCUT2D eigenvalue weighted by Gasteiger charge is 2.19. The number of nitrogen functional groups attached to an aromatic ring is 1. The van der Waals surface area contributed by atoms with Crippen LogP contribution in [-0.2, 0) is 16.4 Å². The van der Waals surface area contributed by atoms with Gasteiger partial charge in [0, 0.05) is 12.2 Å². The first-order chi connectivity index (χ1) is 14.7. The van der Waals surface area contributed by atoms with Gasteiger partial charge in [-0.05, 0) is 42.5 Å². The van der Waals surface area contributed by atoms with Crippen molar-refractivity contribution in [1.29, 1.82) is 0 Å². The normalized spacial score (nSPS) is 14.1. The highest BCUT2D eigenvalue weighted by atomic mass is 32.2. The third-order valence-electron chi connectivity index (χ3n) is 5.16. The number of hydrogen-bond donors (Lipinski definition) is 2. The van der Waals surface area contributed by atoms with Gasteiger partial charge in [0.1, 0.15) is 0 Å². The molecule has 0 saturated heterocycles. The van der Waals surface area contributed by atoms with Crippen molar-refractivity contribution in [2.75, 3.05) is 5.73 Å². The lowest BCUT2D eigenvalue weighted by Crippen LogP contribution is -2.27. The fourth-order valence-electron chi connectivity index (χ4n) is 3.53. The molecule has 3 aromatic rings. The van der Waals surface area contributed by atoms with Crippen LogP contribution >= 0.6 is 0 Å². The van der Waals surface area contributed by atoms with E-state index in [-0.39, 0.29) is 16.8 Å². The molecule has 0 radical (unpaired) electrons. The zero-order valence-corrected chi connectivity index (χ0v) is 17.8. The van der Waals surface area contributed by atoms with Gasteiger partial charge in [0.15, 0.2) is 11.6 Å². The number of nitrogens with zero attached hydrogens (tertiary/aromatic N) is 2. The average molecular weight is 445 g/mol. The lowest BCUT2D eigenvalue weighted by Gasteiger charge is -2.12. The molecule has 4 N–H and O–H groups in total. The minimum Gasteiger partial charge on any atom is -0.381 e. The van der Waals surface area contributed by atoms with Crippen molar-refractivity contribution >= 4 is 15.8 Å². The van der Waals surface area contributed by atoms with Crippen LogP contribution in [0.5, 0.6) is 0 Å². The summed E-state index contributed by atoms with van der Waals surface area (Å²) in [4.78, 5) is 15.0. The van der Waals surface area contributed by atoms with Crippen molar-refractivity contribution in [2.24, 2.45) is 5.14 Å². The summed E-state index contributed by atoms with van der Waals surface area (Å²) >= 11 is 0. The Bertz CT molecular complexity index is 1170. The van der Waals surface area contributed by atoms with Crippen molar-refractivity contribution < 1.29 is 12.8 Å². The van der Waals surface area contributed by atoms with Crippen LogP contribution in [0.2, 0.25) is 0 Å². The first-order valence-corrected chi connectivity index (χ1v) is 11.5. The van der Waals surface area contributed by atoms with Gasteiger partial charge in [0.25, 0.3) is 0 Å². The first-order valence-electron chi connectivity index (χ1n) is 9.94. The molecule has 1 aromatic heterocycles. The van der Waals surface area contributed by atoms with E-state index in [1.165, 1.54) is 28.5 Å². The molecule has 164 valence electrons. The van der Waals surface area contributed by atoms with Gasteiger partial charge in [-0.2, -0.15) is 4.98 Å². The Kier molecular flexibility index (Phi) is 7.19. The van der Waals surface area contributed by atoms with E-state index in [1.54, 1.807) is 12.1 Å². The van der Waals surface area contributed by atoms with Gasteiger partial charge >= 0.3 is 5.69 Å². The molecule has 1 heterocycles. The van der Waals surface area contributed by atoms with Crippen LogP contribution in [0.25, 0.3) is 0 Å². The number of sulfonamides is 1. The van der Waals surface area contributed by atoms with Gasteiger partial charge in [-0.1, -0.05) is 55.3 Å².